The van der Waals surface area contributed by atoms with E-state index in [1.54, 1.807) is 18.6 Å². The maximum absolute atomic E-state index is 11.6. The Kier molecular flexibility index (Phi) is 5.13. The minimum atomic E-state index is -0.215. The summed E-state index contributed by atoms with van der Waals surface area (Å²) in [4.78, 5) is 30.5. The number of rotatable bonds is 4. The monoisotopic (exact) mass is 463 g/mol. The highest BCUT2D eigenvalue weighted by atomic mass is 16.1. The van der Waals surface area contributed by atoms with Crippen LogP contribution >= 0.6 is 0 Å². The van der Waals surface area contributed by atoms with Crippen molar-refractivity contribution in [2.45, 2.75) is 31.6 Å². The Balaban J connectivity index is 1.44. The van der Waals surface area contributed by atoms with Crippen molar-refractivity contribution < 1.29 is 4.79 Å². The molecule has 1 aliphatic rings. The third kappa shape index (κ3) is 3.77. The Bertz CT molecular complexity index is 1550. The average Bonchev–Trinajstić information content (AvgIpc) is 3.30. The lowest BCUT2D eigenvalue weighted by Crippen LogP contribution is -2.27. The minimum absolute atomic E-state index is 0.0613. The minimum Gasteiger partial charge on any atom is -0.383 e. The van der Waals surface area contributed by atoms with Crippen molar-refractivity contribution in [2.75, 3.05) is 5.73 Å². The number of nitrogens with two attached hydrogens (primary N) is 2. The molecule has 1 saturated carbocycles. The fourth-order valence-electron chi connectivity index (χ4n) is 5.11. The zero-order valence-electron chi connectivity index (χ0n) is 19.1. The van der Waals surface area contributed by atoms with Crippen molar-refractivity contribution >= 4 is 28.3 Å². The highest BCUT2D eigenvalue weighted by Gasteiger charge is 2.29. The smallest absolute Gasteiger partial charge is 0.220 e. The second-order valence-corrected chi connectivity index (χ2v) is 9.15. The van der Waals surface area contributed by atoms with Crippen molar-refractivity contribution in [3.63, 3.8) is 0 Å². The van der Waals surface area contributed by atoms with Crippen LogP contribution in [0, 0.1) is 5.92 Å². The number of imidazole rings is 1. The first-order chi connectivity index (χ1) is 17.1. The van der Waals surface area contributed by atoms with E-state index in [0.717, 1.165) is 70.6 Å². The molecular weight excluding hydrogens is 438 g/mol. The summed E-state index contributed by atoms with van der Waals surface area (Å²) in [6.07, 6.45) is 8.47. The van der Waals surface area contributed by atoms with Gasteiger partial charge in [-0.05, 0) is 37.8 Å². The largest absolute Gasteiger partial charge is 0.383 e. The van der Waals surface area contributed by atoms with Crippen LogP contribution in [0.4, 0.5) is 5.82 Å². The third-order valence-electron chi connectivity index (χ3n) is 6.98. The van der Waals surface area contributed by atoms with Gasteiger partial charge < -0.3 is 11.5 Å². The van der Waals surface area contributed by atoms with E-state index >= 15 is 0 Å². The van der Waals surface area contributed by atoms with Gasteiger partial charge in [0.15, 0.2) is 0 Å². The molecule has 0 aliphatic heterocycles. The first-order valence-corrected chi connectivity index (χ1v) is 11.8. The molecule has 2 aromatic carbocycles. The molecule has 3 heterocycles. The van der Waals surface area contributed by atoms with Crippen molar-refractivity contribution in [3.05, 3.63) is 72.9 Å². The summed E-state index contributed by atoms with van der Waals surface area (Å²) < 4.78 is 1.99. The van der Waals surface area contributed by atoms with Crippen LogP contribution in [0.5, 0.6) is 0 Å². The second-order valence-electron chi connectivity index (χ2n) is 9.15. The van der Waals surface area contributed by atoms with E-state index in [1.807, 2.05) is 52.9 Å². The summed E-state index contributed by atoms with van der Waals surface area (Å²) in [5.41, 5.74) is 18.0. The highest BCUT2D eigenvalue weighted by Crippen LogP contribution is 2.38. The number of carbonyl (C=O) groups excluding carboxylic acids is 1. The molecule has 0 bridgehead atoms. The Morgan fingerprint density at radius 2 is 1.69 bits per heavy atom. The summed E-state index contributed by atoms with van der Waals surface area (Å²) in [5, 5.41) is 0. The molecule has 6 rings (SSSR count). The number of amides is 1. The van der Waals surface area contributed by atoms with E-state index in [2.05, 4.69) is 9.97 Å². The van der Waals surface area contributed by atoms with Crippen molar-refractivity contribution in [2.24, 2.45) is 11.7 Å². The van der Waals surface area contributed by atoms with Crippen LogP contribution < -0.4 is 11.5 Å². The van der Waals surface area contributed by atoms with Crippen molar-refractivity contribution in [3.8, 4) is 22.5 Å². The van der Waals surface area contributed by atoms with Crippen LogP contribution in [-0.2, 0) is 4.79 Å². The van der Waals surface area contributed by atoms with E-state index in [4.69, 9.17) is 21.4 Å². The average molecular weight is 464 g/mol. The Morgan fingerprint density at radius 1 is 0.886 bits per heavy atom. The predicted octanol–water partition coefficient (Wildman–Crippen LogP) is 4.35. The standard InChI is InChI=1S/C27H25N7O/c28-24-15-30-14-23-25(33-27(34(23)24)18-8-6-17(7-9-18)26(29)35)19-10-11-20-21(12-19)32-22(13-31-20)16-4-2-1-3-5-16/h1-5,10-15,17-18H,6-9,28H2,(H2,29,35). The zero-order valence-corrected chi connectivity index (χ0v) is 19.1. The molecule has 0 atom stereocenters. The lowest BCUT2D eigenvalue weighted by Gasteiger charge is -2.26. The van der Waals surface area contributed by atoms with Gasteiger partial charge in [-0.1, -0.05) is 36.4 Å². The van der Waals surface area contributed by atoms with Crippen LogP contribution in [0.1, 0.15) is 37.4 Å². The van der Waals surface area contributed by atoms with Gasteiger partial charge in [-0.3, -0.25) is 19.2 Å². The lowest BCUT2D eigenvalue weighted by atomic mass is 9.81. The van der Waals surface area contributed by atoms with Crippen molar-refractivity contribution in [1.29, 1.82) is 0 Å². The Morgan fingerprint density at radius 3 is 2.46 bits per heavy atom. The molecule has 0 unspecified atom stereocenters. The normalized spacial score (nSPS) is 18.2. The number of aromatic nitrogens is 5. The van der Waals surface area contributed by atoms with Crippen LogP contribution in [0.2, 0.25) is 0 Å². The van der Waals surface area contributed by atoms with Crippen LogP contribution in [0.15, 0.2) is 67.1 Å². The van der Waals surface area contributed by atoms with E-state index in [-0.39, 0.29) is 17.7 Å². The molecule has 3 aromatic heterocycles. The fourth-order valence-corrected chi connectivity index (χ4v) is 5.11. The van der Waals surface area contributed by atoms with Gasteiger partial charge >= 0.3 is 0 Å². The molecule has 8 heteroatoms. The fraction of sp³-hybridized carbons (Fsp3) is 0.222. The number of hydrogen-bond acceptors (Lipinski definition) is 6. The molecule has 0 radical (unpaired) electrons. The van der Waals surface area contributed by atoms with E-state index < -0.39 is 0 Å². The number of primary amides is 1. The topological polar surface area (TPSA) is 125 Å². The lowest BCUT2D eigenvalue weighted by molar-refractivity contribution is -0.122. The molecule has 1 aliphatic carbocycles. The molecule has 1 fully saturated rings. The number of fused-ring (bicyclic) bond motifs is 2. The zero-order chi connectivity index (χ0) is 23.9. The maximum atomic E-state index is 11.6. The van der Waals surface area contributed by atoms with E-state index in [1.165, 1.54) is 0 Å². The molecular formula is C27H25N7O. The number of hydrogen-bond donors (Lipinski definition) is 2. The molecule has 1 amide bonds. The van der Waals surface area contributed by atoms with Crippen LogP contribution in [0.25, 0.3) is 39.1 Å². The first kappa shape index (κ1) is 21.2. The number of nitrogen functional groups attached to an aromatic ring is 1. The van der Waals surface area contributed by atoms with E-state index in [9.17, 15) is 4.79 Å². The maximum Gasteiger partial charge on any atom is 0.220 e. The predicted molar refractivity (Wildman–Crippen MR) is 135 cm³/mol. The first-order valence-electron chi connectivity index (χ1n) is 11.8. The van der Waals surface area contributed by atoms with Gasteiger partial charge in [0, 0.05) is 23.0 Å². The Labute approximate surface area is 202 Å². The number of carbonyl (C=O) groups is 1. The van der Waals surface area contributed by atoms with Gasteiger partial charge in [0.25, 0.3) is 0 Å². The van der Waals surface area contributed by atoms with Crippen molar-refractivity contribution in [1.82, 2.24) is 24.3 Å². The Hall–Kier alpha value is -4.33. The van der Waals surface area contributed by atoms with Crippen LogP contribution in [-0.4, -0.2) is 30.2 Å². The van der Waals surface area contributed by atoms with Gasteiger partial charge in [0.1, 0.15) is 11.6 Å². The quantitative estimate of drug-likeness (QED) is 0.408. The third-order valence-corrected chi connectivity index (χ3v) is 6.98. The molecule has 35 heavy (non-hydrogen) atoms. The summed E-state index contributed by atoms with van der Waals surface area (Å²) in [5.74, 6) is 1.37. The molecule has 0 saturated heterocycles. The summed E-state index contributed by atoms with van der Waals surface area (Å²) in [6, 6.07) is 16.0. The van der Waals surface area contributed by atoms with Gasteiger partial charge in [0.2, 0.25) is 5.91 Å². The molecule has 5 aromatic rings. The number of nitrogens with zero attached hydrogens (tertiary/aromatic N) is 5. The summed E-state index contributed by atoms with van der Waals surface area (Å²) in [7, 11) is 0. The molecule has 4 N–H and O–H groups in total. The van der Waals surface area contributed by atoms with E-state index in [0.29, 0.717) is 5.82 Å². The summed E-state index contributed by atoms with van der Waals surface area (Å²) in [6.45, 7) is 0. The molecule has 174 valence electrons. The number of anilines is 1. The van der Waals surface area contributed by atoms with Gasteiger partial charge in [-0.2, -0.15) is 0 Å². The van der Waals surface area contributed by atoms with Crippen LogP contribution in [0.3, 0.4) is 0 Å². The van der Waals surface area contributed by atoms with Gasteiger partial charge in [-0.25, -0.2) is 9.97 Å². The molecule has 0 spiro atoms. The highest BCUT2D eigenvalue weighted by molar-refractivity contribution is 5.86. The SMILES string of the molecule is NC(=O)C1CCC(c2nc(-c3ccc4ncc(-c5ccccc5)nc4c3)c3cncc(N)n23)CC1. The van der Waals surface area contributed by atoms with Gasteiger partial charge in [-0.15, -0.1) is 0 Å². The number of benzene rings is 2. The second kappa shape index (κ2) is 8.47. The van der Waals surface area contributed by atoms with Gasteiger partial charge in [0.05, 0.1) is 46.5 Å². The molecule has 8 nitrogen and oxygen atoms in total. The summed E-state index contributed by atoms with van der Waals surface area (Å²) >= 11 is 0.